The Morgan fingerprint density at radius 1 is 1.56 bits per heavy atom. The van der Waals surface area contributed by atoms with E-state index in [1.54, 1.807) is 6.92 Å². The average molecular weight is 229 g/mol. The highest BCUT2D eigenvalue weighted by Gasteiger charge is 2.52. The van der Waals surface area contributed by atoms with Crippen LogP contribution >= 0.6 is 0 Å². The number of hydrogen-bond acceptors (Lipinski definition) is 5. The first-order valence-corrected chi connectivity index (χ1v) is 5.35. The maximum Gasteiger partial charge on any atom is 0.326 e. The van der Waals surface area contributed by atoms with Gasteiger partial charge in [-0.3, -0.25) is 19.7 Å². The van der Waals surface area contributed by atoms with Crippen molar-refractivity contribution in [2.75, 3.05) is 13.2 Å². The van der Waals surface area contributed by atoms with Crippen LogP contribution in [0.5, 0.6) is 0 Å². The number of esters is 1. The van der Waals surface area contributed by atoms with Gasteiger partial charge in [0.15, 0.2) is 11.2 Å². The van der Waals surface area contributed by atoms with Crippen LogP contribution in [0.4, 0.5) is 0 Å². The second-order valence-corrected chi connectivity index (χ2v) is 3.92. The van der Waals surface area contributed by atoms with E-state index < -0.39 is 22.9 Å². The van der Waals surface area contributed by atoms with Crippen LogP contribution in [0.25, 0.3) is 0 Å². The predicted octanol–water partition coefficient (Wildman–Crippen LogP) is 0.956. The van der Waals surface area contributed by atoms with E-state index in [4.69, 9.17) is 4.74 Å². The van der Waals surface area contributed by atoms with Crippen LogP contribution in [0.15, 0.2) is 0 Å². The fraction of sp³-hybridized carbons (Fsp3) is 0.800. The molecule has 1 aliphatic carbocycles. The summed E-state index contributed by atoms with van der Waals surface area (Å²) in [5.41, 5.74) is -1.53. The van der Waals surface area contributed by atoms with Crippen LogP contribution in [0.2, 0.25) is 0 Å². The van der Waals surface area contributed by atoms with Crippen molar-refractivity contribution in [2.45, 2.75) is 32.6 Å². The summed E-state index contributed by atoms with van der Waals surface area (Å²) in [5.74, 6) is -1.09. The van der Waals surface area contributed by atoms with E-state index in [2.05, 4.69) is 0 Å². The third kappa shape index (κ3) is 2.37. The van der Waals surface area contributed by atoms with Crippen LogP contribution in [0.1, 0.15) is 32.6 Å². The highest BCUT2D eigenvalue weighted by Crippen LogP contribution is 2.34. The van der Waals surface area contributed by atoms with E-state index >= 15 is 0 Å². The van der Waals surface area contributed by atoms with Crippen molar-refractivity contribution >= 4 is 11.8 Å². The van der Waals surface area contributed by atoms with Gasteiger partial charge in [-0.25, -0.2) is 0 Å². The predicted molar refractivity (Wildman–Crippen MR) is 54.4 cm³/mol. The van der Waals surface area contributed by atoms with E-state index in [0.29, 0.717) is 12.8 Å². The zero-order chi connectivity index (χ0) is 12.2. The lowest BCUT2D eigenvalue weighted by atomic mass is 9.73. The highest BCUT2D eigenvalue weighted by atomic mass is 16.6. The summed E-state index contributed by atoms with van der Waals surface area (Å²) < 4.78 is 4.79. The molecule has 0 spiro atoms. The fourth-order valence-electron chi connectivity index (χ4n) is 2.03. The molecule has 1 atom stereocenters. The minimum Gasteiger partial charge on any atom is -0.465 e. The molecule has 16 heavy (non-hydrogen) atoms. The molecule has 0 radical (unpaired) electrons. The quantitative estimate of drug-likeness (QED) is 0.310. The molecule has 90 valence electrons. The van der Waals surface area contributed by atoms with Gasteiger partial charge < -0.3 is 4.74 Å². The van der Waals surface area contributed by atoms with Crippen molar-refractivity contribution in [1.29, 1.82) is 0 Å². The second kappa shape index (κ2) is 5.05. The first-order valence-electron chi connectivity index (χ1n) is 5.35. The van der Waals surface area contributed by atoms with Crippen LogP contribution in [0, 0.1) is 15.5 Å². The average Bonchev–Trinajstić information content (AvgIpc) is 2.21. The van der Waals surface area contributed by atoms with E-state index in [0.717, 1.165) is 0 Å². The molecular formula is C10H15NO5. The largest absolute Gasteiger partial charge is 0.465 e. The van der Waals surface area contributed by atoms with E-state index in [-0.39, 0.29) is 25.2 Å². The van der Waals surface area contributed by atoms with Crippen molar-refractivity contribution in [1.82, 2.24) is 0 Å². The standard InChI is InChI=1S/C10H15NO5/c1-2-16-9(13)10(7-11(14)15)6-4-3-5-8(10)12/h2-7H2,1H3. The molecule has 0 heterocycles. The smallest absolute Gasteiger partial charge is 0.326 e. The van der Waals surface area contributed by atoms with Crippen LogP contribution < -0.4 is 0 Å². The Hall–Kier alpha value is -1.46. The maximum atomic E-state index is 11.8. The number of nitro groups is 1. The molecule has 0 bridgehead atoms. The maximum absolute atomic E-state index is 11.8. The lowest BCUT2D eigenvalue weighted by Gasteiger charge is -2.29. The topological polar surface area (TPSA) is 86.5 Å². The molecule has 0 aromatic heterocycles. The first kappa shape index (κ1) is 12.6. The monoisotopic (exact) mass is 229 g/mol. The number of ketones is 1. The van der Waals surface area contributed by atoms with Gasteiger partial charge >= 0.3 is 5.97 Å². The minimum atomic E-state index is -1.53. The van der Waals surface area contributed by atoms with Gasteiger partial charge in [0.2, 0.25) is 6.54 Å². The zero-order valence-corrected chi connectivity index (χ0v) is 9.23. The van der Waals surface area contributed by atoms with Crippen molar-refractivity contribution in [2.24, 2.45) is 5.41 Å². The SMILES string of the molecule is CCOC(=O)C1(C[N+](=O)[O-])CCCCC1=O. The molecule has 1 rings (SSSR count). The number of rotatable bonds is 4. The molecule has 0 saturated heterocycles. The lowest BCUT2D eigenvalue weighted by Crippen LogP contribution is -2.47. The molecule has 1 unspecified atom stereocenters. The van der Waals surface area contributed by atoms with Crippen molar-refractivity contribution < 1.29 is 19.2 Å². The Bertz CT molecular complexity index is 314. The lowest BCUT2D eigenvalue weighted by molar-refractivity contribution is -0.491. The van der Waals surface area contributed by atoms with Gasteiger partial charge in [0.1, 0.15) is 0 Å². The molecule has 1 aliphatic rings. The highest BCUT2D eigenvalue weighted by molar-refractivity contribution is 6.04. The van der Waals surface area contributed by atoms with Gasteiger partial charge in [-0.2, -0.15) is 0 Å². The molecule has 0 aliphatic heterocycles. The van der Waals surface area contributed by atoms with Gasteiger partial charge in [-0.15, -0.1) is 0 Å². The number of ether oxygens (including phenoxy) is 1. The molecule has 1 saturated carbocycles. The number of carbonyl (C=O) groups excluding carboxylic acids is 2. The van der Waals surface area contributed by atoms with Gasteiger partial charge in [-0.1, -0.05) is 6.42 Å². The third-order valence-corrected chi connectivity index (χ3v) is 2.86. The summed E-state index contributed by atoms with van der Waals surface area (Å²) in [6.45, 7) is 1.10. The van der Waals surface area contributed by atoms with Gasteiger partial charge in [0.25, 0.3) is 0 Å². The molecule has 0 aromatic carbocycles. The number of carbonyl (C=O) groups is 2. The van der Waals surface area contributed by atoms with E-state index in [1.807, 2.05) is 0 Å². The Morgan fingerprint density at radius 3 is 2.75 bits per heavy atom. The molecule has 1 fully saturated rings. The molecule has 0 amide bonds. The second-order valence-electron chi connectivity index (χ2n) is 3.92. The summed E-state index contributed by atoms with van der Waals surface area (Å²) in [7, 11) is 0. The zero-order valence-electron chi connectivity index (χ0n) is 9.23. The van der Waals surface area contributed by atoms with Crippen molar-refractivity contribution in [3.8, 4) is 0 Å². The molecule has 0 N–H and O–H groups in total. The van der Waals surface area contributed by atoms with Crippen LogP contribution in [-0.2, 0) is 14.3 Å². The summed E-state index contributed by atoms with van der Waals surface area (Å²) in [4.78, 5) is 33.4. The number of Topliss-reactive ketones (excluding diaryl/α,β-unsaturated/α-hetero) is 1. The Labute approximate surface area is 93.1 Å². The third-order valence-electron chi connectivity index (χ3n) is 2.86. The summed E-state index contributed by atoms with van der Waals surface area (Å²) in [6, 6.07) is 0. The fourth-order valence-corrected chi connectivity index (χ4v) is 2.03. The molecular weight excluding hydrogens is 214 g/mol. The summed E-state index contributed by atoms with van der Waals surface area (Å²) >= 11 is 0. The summed E-state index contributed by atoms with van der Waals surface area (Å²) in [6.07, 6.45) is 1.80. The molecule has 6 nitrogen and oxygen atoms in total. The van der Waals surface area contributed by atoms with Gasteiger partial charge in [0, 0.05) is 11.3 Å². The normalized spacial score (nSPS) is 25.2. The summed E-state index contributed by atoms with van der Waals surface area (Å²) in [5, 5.41) is 10.6. The molecule has 6 heteroatoms. The molecule has 0 aromatic rings. The van der Waals surface area contributed by atoms with E-state index in [1.165, 1.54) is 0 Å². The van der Waals surface area contributed by atoms with Gasteiger partial charge in [-0.05, 0) is 19.8 Å². The van der Waals surface area contributed by atoms with Crippen LogP contribution in [-0.4, -0.2) is 29.8 Å². The number of hydrogen-bond donors (Lipinski definition) is 0. The van der Waals surface area contributed by atoms with Crippen molar-refractivity contribution in [3.63, 3.8) is 0 Å². The Balaban J connectivity index is 2.94. The van der Waals surface area contributed by atoms with Gasteiger partial charge in [0.05, 0.1) is 6.61 Å². The van der Waals surface area contributed by atoms with E-state index in [9.17, 15) is 19.7 Å². The Morgan fingerprint density at radius 2 is 2.25 bits per heavy atom. The minimum absolute atomic E-state index is 0.131. The Kier molecular flexibility index (Phi) is 3.98. The van der Waals surface area contributed by atoms with Crippen LogP contribution in [0.3, 0.4) is 0 Å². The number of nitrogens with zero attached hydrogens (tertiary/aromatic N) is 1. The van der Waals surface area contributed by atoms with Crippen molar-refractivity contribution in [3.05, 3.63) is 10.1 Å². The first-order chi connectivity index (χ1) is 7.53.